The average molecular weight is 130 g/mol. The standard InChI is InChI=1S/C6H10O3/c1-5(7)9-4-6(8)2-3-6/h8H,2-4H2,1H3. The maximum atomic E-state index is 10.2. The van der Waals surface area contributed by atoms with Crippen LogP contribution in [0.4, 0.5) is 0 Å². The maximum Gasteiger partial charge on any atom is 0.302 e. The first kappa shape index (κ1) is 6.55. The van der Waals surface area contributed by atoms with Gasteiger partial charge in [-0.15, -0.1) is 0 Å². The van der Waals surface area contributed by atoms with Crippen LogP contribution in [0.2, 0.25) is 0 Å². The highest BCUT2D eigenvalue weighted by atomic mass is 16.5. The number of rotatable bonds is 2. The van der Waals surface area contributed by atoms with E-state index in [2.05, 4.69) is 4.74 Å². The number of carbonyl (C=O) groups excluding carboxylic acids is 1. The second-order valence-electron chi connectivity index (χ2n) is 2.50. The van der Waals surface area contributed by atoms with Crippen LogP contribution in [0.3, 0.4) is 0 Å². The van der Waals surface area contributed by atoms with Crippen molar-refractivity contribution in [1.29, 1.82) is 0 Å². The third-order valence-electron chi connectivity index (χ3n) is 1.37. The first-order chi connectivity index (χ1) is 4.12. The summed E-state index contributed by atoms with van der Waals surface area (Å²) < 4.78 is 4.58. The molecule has 1 aliphatic rings. The zero-order chi connectivity index (χ0) is 6.91. The minimum absolute atomic E-state index is 0.169. The molecule has 0 heterocycles. The molecule has 3 heteroatoms. The fourth-order valence-electron chi connectivity index (χ4n) is 0.525. The Morgan fingerprint density at radius 1 is 1.78 bits per heavy atom. The molecule has 0 unspecified atom stereocenters. The zero-order valence-electron chi connectivity index (χ0n) is 5.39. The van der Waals surface area contributed by atoms with Gasteiger partial charge in [0.25, 0.3) is 0 Å². The number of hydrogen-bond acceptors (Lipinski definition) is 3. The van der Waals surface area contributed by atoms with Crippen LogP contribution in [0, 0.1) is 0 Å². The van der Waals surface area contributed by atoms with Gasteiger partial charge in [0.15, 0.2) is 0 Å². The molecule has 0 radical (unpaired) electrons. The van der Waals surface area contributed by atoms with Gasteiger partial charge >= 0.3 is 5.97 Å². The van der Waals surface area contributed by atoms with Crippen molar-refractivity contribution < 1.29 is 14.6 Å². The lowest BCUT2D eigenvalue weighted by Crippen LogP contribution is -2.17. The molecule has 0 aromatic rings. The highest BCUT2D eigenvalue weighted by Crippen LogP contribution is 2.34. The molecule has 1 rings (SSSR count). The average Bonchev–Trinajstić information content (AvgIpc) is 2.45. The van der Waals surface area contributed by atoms with Crippen LogP contribution in [0.5, 0.6) is 0 Å². The predicted octanol–water partition coefficient (Wildman–Crippen LogP) is 0.0744. The first-order valence-electron chi connectivity index (χ1n) is 2.98. The number of aliphatic hydroxyl groups is 1. The van der Waals surface area contributed by atoms with Crippen LogP contribution in [0.15, 0.2) is 0 Å². The largest absolute Gasteiger partial charge is 0.463 e. The molecule has 0 atom stereocenters. The van der Waals surface area contributed by atoms with Crippen molar-refractivity contribution in [3.8, 4) is 0 Å². The van der Waals surface area contributed by atoms with E-state index >= 15 is 0 Å². The lowest BCUT2D eigenvalue weighted by atomic mass is 10.4. The molecule has 1 saturated carbocycles. The van der Waals surface area contributed by atoms with Crippen LogP contribution in [0.1, 0.15) is 19.8 Å². The molecule has 0 amide bonds. The summed E-state index contributed by atoms with van der Waals surface area (Å²) >= 11 is 0. The third-order valence-corrected chi connectivity index (χ3v) is 1.37. The zero-order valence-corrected chi connectivity index (χ0v) is 5.39. The van der Waals surface area contributed by atoms with Crippen LogP contribution < -0.4 is 0 Å². The number of esters is 1. The van der Waals surface area contributed by atoms with E-state index in [-0.39, 0.29) is 12.6 Å². The fourth-order valence-corrected chi connectivity index (χ4v) is 0.525. The molecule has 1 fully saturated rings. The molecule has 0 aromatic heterocycles. The Labute approximate surface area is 53.6 Å². The SMILES string of the molecule is CC(=O)OCC1(O)CC1. The summed E-state index contributed by atoms with van der Waals surface area (Å²) in [6.45, 7) is 1.51. The Hall–Kier alpha value is -0.570. The summed E-state index contributed by atoms with van der Waals surface area (Å²) in [5.41, 5.74) is -0.661. The van der Waals surface area contributed by atoms with E-state index < -0.39 is 5.60 Å². The summed E-state index contributed by atoms with van der Waals surface area (Å²) in [6.07, 6.45) is 1.53. The van der Waals surface area contributed by atoms with E-state index in [1.54, 1.807) is 0 Å². The van der Waals surface area contributed by atoms with Crippen molar-refractivity contribution in [3.63, 3.8) is 0 Å². The predicted molar refractivity (Wildman–Crippen MR) is 30.8 cm³/mol. The molecule has 3 nitrogen and oxygen atoms in total. The Kier molecular flexibility index (Phi) is 1.45. The highest BCUT2D eigenvalue weighted by Gasteiger charge is 2.41. The van der Waals surface area contributed by atoms with Gasteiger partial charge in [-0.3, -0.25) is 4.79 Å². The topological polar surface area (TPSA) is 46.5 Å². The summed E-state index contributed by atoms with van der Waals surface area (Å²) in [6, 6.07) is 0. The van der Waals surface area contributed by atoms with Crippen molar-refractivity contribution in [2.75, 3.05) is 6.61 Å². The van der Waals surface area contributed by atoms with Crippen LogP contribution in [-0.4, -0.2) is 23.3 Å². The van der Waals surface area contributed by atoms with Crippen molar-refractivity contribution in [2.45, 2.75) is 25.4 Å². The number of carbonyl (C=O) groups is 1. The van der Waals surface area contributed by atoms with Crippen LogP contribution in [-0.2, 0) is 9.53 Å². The molecule has 0 saturated heterocycles. The summed E-state index contributed by atoms with van der Waals surface area (Å²) in [5, 5.41) is 9.10. The van der Waals surface area contributed by atoms with Crippen LogP contribution in [0.25, 0.3) is 0 Å². The second-order valence-corrected chi connectivity index (χ2v) is 2.50. The van der Waals surface area contributed by atoms with Gasteiger partial charge in [0.1, 0.15) is 6.61 Å². The van der Waals surface area contributed by atoms with E-state index in [1.165, 1.54) is 6.92 Å². The second kappa shape index (κ2) is 1.99. The van der Waals surface area contributed by atoms with Gasteiger partial charge in [-0.1, -0.05) is 0 Å². The molecule has 9 heavy (non-hydrogen) atoms. The summed E-state index contributed by atoms with van der Waals surface area (Å²) in [7, 11) is 0. The lowest BCUT2D eigenvalue weighted by molar-refractivity contribution is -0.144. The normalized spacial score (nSPS) is 21.1. The van der Waals surface area contributed by atoms with Crippen molar-refractivity contribution >= 4 is 5.97 Å². The Bertz CT molecular complexity index is 126. The van der Waals surface area contributed by atoms with E-state index in [0.717, 1.165) is 12.8 Å². The van der Waals surface area contributed by atoms with E-state index in [9.17, 15) is 4.79 Å². The van der Waals surface area contributed by atoms with E-state index in [1.807, 2.05) is 0 Å². The molecule has 1 N–H and O–H groups in total. The number of ether oxygens (including phenoxy) is 1. The molecule has 52 valence electrons. The molecule has 0 bridgehead atoms. The lowest BCUT2D eigenvalue weighted by Gasteiger charge is -2.05. The van der Waals surface area contributed by atoms with Gasteiger partial charge in [0, 0.05) is 6.92 Å². The van der Waals surface area contributed by atoms with Gasteiger partial charge < -0.3 is 9.84 Å². The fraction of sp³-hybridized carbons (Fsp3) is 0.833. The Morgan fingerprint density at radius 3 is 2.67 bits per heavy atom. The minimum atomic E-state index is -0.661. The van der Waals surface area contributed by atoms with E-state index in [0.29, 0.717) is 0 Å². The smallest absolute Gasteiger partial charge is 0.302 e. The van der Waals surface area contributed by atoms with Crippen molar-refractivity contribution in [1.82, 2.24) is 0 Å². The molecule has 1 aliphatic carbocycles. The molecule has 0 aliphatic heterocycles. The van der Waals surface area contributed by atoms with Crippen molar-refractivity contribution in [2.24, 2.45) is 0 Å². The minimum Gasteiger partial charge on any atom is -0.463 e. The van der Waals surface area contributed by atoms with Crippen LogP contribution >= 0.6 is 0 Å². The summed E-state index contributed by atoms with van der Waals surface area (Å²) in [5.74, 6) is -0.324. The maximum absolute atomic E-state index is 10.2. The molecular weight excluding hydrogens is 120 g/mol. The third kappa shape index (κ3) is 2.01. The summed E-state index contributed by atoms with van der Waals surface area (Å²) in [4.78, 5) is 10.2. The van der Waals surface area contributed by atoms with Gasteiger partial charge in [0.2, 0.25) is 0 Å². The molecule has 0 spiro atoms. The highest BCUT2D eigenvalue weighted by molar-refractivity contribution is 5.66. The molecular formula is C6H10O3. The molecule has 0 aromatic carbocycles. The van der Waals surface area contributed by atoms with Crippen molar-refractivity contribution in [3.05, 3.63) is 0 Å². The van der Waals surface area contributed by atoms with Gasteiger partial charge in [-0.05, 0) is 12.8 Å². The quantitative estimate of drug-likeness (QED) is 0.538. The Balaban J connectivity index is 2.12. The van der Waals surface area contributed by atoms with Gasteiger partial charge in [0.05, 0.1) is 5.60 Å². The van der Waals surface area contributed by atoms with Gasteiger partial charge in [-0.2, -0.15) is 0 Å². The monoisotopic (exact) mass is 130 g/mol. The van der Waals surface area contributed by atoms with E-state index in [4.69, 9.17) is 5.11 Å². The Morgan fingerprint density at radius 2 is 2.33 bits per heavy atom. The number of hydrogen-bond donors (Lipinski definition) is 1. The van der Waals surface area contributed by atoms with Gasteiger partial charge in [-0.25, -0.2) is 0 Å². The first-order valence-corrected chi connectivity index (χ1v) is 2.98.